The van der Waals surface area contributed by atoms with Crippen LogP contribution < -0.4 is 15.4 Å². The maximum atomic E-state index is 5.33. The van der Waals surface area contributed by atoms with E-state index in [1.54, 1.807) is 18.8 Å². The molecule has 0 bridgehead atoms. The van der Waals surface area contributed by atoms with E-state index in [1.165, 1.54) is 11.9 Å². The Morgan fingerprint density at radius 3 is 2.69 bits per heavy atom. The summed E-state index contributed by atoms with van der Waals surface area (Å²) in [6.45, 7) is 1.26. The summed E-state index contributed by atoms with van der Waals surface area (Å²) in [7, 11) is 9.41. The van der Waals surface area contributed by atoms with Crippen LogP contribution in [0, 0.1) is 0 Å². The first kappa shape index (κ1) is 22.2. The van der Waals surface area contributed by atoms with Crippen molar-refractivity contribution in [2.45, 2.75) is 12.6 Å². The van der Waals surface area contributed by atoms with Crippen LogP contribution in [0.5, 0.6) is 5.75 Å². The van der Waals surface area contributed by atoms with Crippen molar-refractivity contribution in [3.05, 3.63) is 42.0 Å². The largest absolute Gasteiger partial charge is 0.497 e. The van der Waals surface area contributed by atoms with Gasteiger partial charge in [0.05, 0.1) is 19.7 Å². The zero-order valence-corrected chi connectivity index (χ0v) is 18.3. The molecule has 1 heterocycles. The predicted molar refractivity (Wildman–Crippen MR) is 114 cm³/mol. The fourth-order valence-corrected chi connectivity index (χ4v) is 2.50. The molecule has 26 heavy (non-hydrogen) atoms. The van der Waals surface area contributed by atoms with Gasteiger partial charge in [0.15, 0.2) is 5.96 Å². The van der Waals surface area contributed by atoms with Crippen LogP contribution in [0.4, 0.5) is 0 Å². The van der Waals surface area contributed by atoms with Gasteiger partial charge in [-0.3, -0.25) is 9.67 Å². The van der Waals surface area contributed by atoms with Crippen molar-refractivity contribution in [3.63, 3.8) is 0 Å². The molecule has 0 saturated carbocycles. The maximum Gasteiger partial charge on any atom is 0.191 e. The number of aryl methyl sites for hydroxylation is 1. The van der Waals surface area contributed by atoms with E-state index < -0.39 is 0 Å². The molecule has 1 aromatic heterocycles. The molecule has 0 saturated heterocycles. The number of benzene rings is 1. The minimum absolute atomic E-state index is 0. The Morgan fingerprint density at radius 2 is 2.12 bits per heavy atom. The third-order valence-corrected chi connectivity index (χ3v) is 4.01. The van der Waals surface area contributed by atoms with Gasteiger partial charge in [0.1, 0.15) is 17.9 Å². The third kappa shape index (κ3) is 6.13. The molecule has 0 aliphatic carbocycles. The first-order chi connectivity index (χ1) is 12.0. The minimum Gasteiger partial charge on any atom is -0.497 e. The van der Waals surface area contributed by atoms with Crippen LogP contribution >= 0.6 is 24.0 Å². The van der Waals surface area contributed by atoms with Gasteiger partial charge in [0, 0.05) is 20.6 Å². The van der Waals surface area contributed by atoms with Crippen molar-refractivity contribution in [2.24, 2.45) is 12.0 Å². The van der Waals surface area contributed by atoms with Crippen LogP contribution in [0.3, 0.4) is 0 Å². The average Bonchev–Trinajstić information content (AvgIpc) is 3.02. The van der Waals surface area contributed by atoms with Crippen LogP contribution in [0.15, 0.2) is 35.6 Å². The molecule has 2 aromatic rings. The second kappa shape index (κ2) is 11.0. The molecule has 1 atom stereocenters. The Balaban J connectivity index is 0.00000338. The van der Waals surface area contributed by atoms with E-state index in [0.29, 0.717) is 13.1 Å². The molecule has 0 aliphatic rings. The van der Waals surface area contributed by atoms with Crippen molar-refractivity contribution < 1.29 is 4.74 Å². The highest BCUT2D eigenvalue weighted by molar-refractivity contribution is 14.0. The Bertz CT molecular complexity index is 702. The van der Waals surface area contributed by atoms with Crippen LogP contribution in [0.25, 0.3) is 0 Å². The number of nitrogens with zero attached hydrogens (tertiary/aromatic N) is 5. The first-order valence-corrected chi connectivity index (χ1v) is 8.13. The quantitative estimate of drug-likeness (QED) is 0.360. The standard InChI is InChI=1S/C17H27N7O.HI/c1-18-17(20-11-16-21-12-22-24(16)4)19-10-15(23(2)3)13-7-6-8-14(9-13)25-5;/h6-9,12,15H,10-11H2,1-5H3,(H2,18,19,20);1H. The summed E-state index contributed by atoms with van der Waals surface area (Å²) in [5, 5.41) is 10.7. The normalized spacial score (nSPS) is 12.5. The number of aromatic nitrogens is 3. The Morgan fingerprint density at radius 1 is 1.35 bits per heavy atom. The molecule has 0 spiro atoms. The van der Waals surface area contributed by atoms with Gasteiger partial charge in [-0.05, 0) is 31.8 Å². The van der Waals surface area contributed by atoms with E-state index in [1.807, 2.05) is 19.2 Å². The van der Waals surface area contributed by atoms with Gasteiger partial charge in [0.25, 0.3) is 0 Å². The van der Waals surface area contributed by atoms with Crippen LogP contribution in [0.2, 0.25) is 0 Å². The lowest BCUT2D eigenvalue weighted by Crippen LogP contribution is -2.41. The second-order valence-electron chi connectivity index (χ2n) is 5.86. The van der Waals surface area contributed by atoms with Gasteiger partial charge in [-0.25, -0.2) is 4.98 Å². The van der Waals surface area contributed by atoms with E-state index in [2.05, 4.69) is 56.8 Å². The van der Waals surface area contributed by atoms with E-state index in [4.69, 9.17) is 4.74 Å². The van der Waals surface area contributed by atoms with Gasteiger partial charge in [-0.15, -0.1) is 24.0 Å². The summed E-state index contributed by atoms with van der Waals surface area (Å²) in [6, 6.07) is 8.30. The van der Waals surface area contributed by atoms with Crippen molar-refractivity contribution in [1.29, 1.82) is 0 Å². The van der Waals surface area contributed by atoms with Gasteiger partial charge < -0.3 is 20.3 Å². The Labute approximate surface area is 172 Å². The molecular formula is C17H28IN7O. The molecule has 0 fully saturated rings. The SMILES string of the molecule is CN=C(NCc1ncnn1C)NCC(c1cccc(OC)c1)N(C)C.I. The lowest BCUT2D eigenvalue weighted by atomic mass is 10.1. The first-order valence-electron chi connectivity index (χ1n) is 8.13. The average molecular weight is 473 g/mol. The number of methoxy groups -OCH3 is 1. The summed E-state index contributed by atoms with van der Waals surface area (Å²) in [6.07, 6.45) is 1.54. The molecule has 2 rings (SSSR count). The highest BCUT2D eigenvalue weighted by Gasteiger charge is 2.15. The molecule has 2 N–H and O–H groups in total. The fraction of sp³-hybridized carbons (Fsp3) is 0.471. The molecule has 9 heteroatoms. The number of hydrogen-bond donors (Lipinski definition) is 2. The summed E-state index contributed by atoms with van der Waals surface area (Å²) < 4.78 is 7.07. The van der Waals surface area contributed by atoms with Gasteiger partial charge in [0.2, 0.25) is 0 Å². The molecule has 1 aromatic carbocycles. The van der Waals surface area contributed by atoms with Crippen molar-refractivity contribution in [1.82, 2.24) is 30.3 Å². The van der Waals surface area contributed by atoms with Crippen molar-refractivity contribution >= 4 is 29.9 Å². The van der Waals surface area contributed by atoms with Crippen molar-refractivity contribution in [2.75, 3.05) is 34.8 Å². The number of ether oxygens (including phenoxy) is 1. The van der Waals surface area contributed by atoms with Gasteiger partial charge in [-0.2, -0.15) is 5.10 Å². The molecular weight excluding hydrogens is 445 g/mol. The smallest absolute Gasteiger partial charge is 0.191 e. The van der Waals surface area contributed by atoms with E-state index >= 15 is 0 Å². The lowest BCUT2D eigenvalue weighted by molar-refractivity contribution is 0.297. The Hall–Kier alpha value is -1.88. The molecule has 0 aliphatic heterocycles. The van der Waals surface area contributed by atoms with Gasteiger partial charge >= 0.3 is 0 Å². The third-order valence-electron chi connectivity index (χ3n) is 4.01. The van der Waals surface area contributed by atoms with Crippen LogP contribution in [-0.4, -0.2) is 60.4 Å². The highest BCUT2D eigenvalue weighted by atomic mass is 127. The number of halogens is 1. The number of rotatable bonds is 7. The molecule has 0 radical (unpaired) electrons. The summed E-state index contributed by atoms with van der Waals surface area (Å²) >= 11 is 0. The molecule has 144 valence electrons. The molecule has 0 amide bonds. The zero-order chi connectivity index (χ0) is 18.2. The number of hydrogen-bond acceptors (Lipinski definition) is 5. The van der Waals surface area contributed by atoms with Crippen LogP contribution in [-0.2, 0) is 13.6 Å². The minimum atomic E-state index is 0. The zero-order valence-electron chi connectivity index (χ0n) is 15.9. The predicted octanol–water partition coefficient (Wildman–Crippen LogP) is 1.41. The van der Waals surface area contributed by atoms with Gasteiger partial charge in [-0.1, -0.05) is 12.1 Å². The summed E-state index contributed by atoms with van der Waals surface area (Å²) in [4.78, 5) is 10.6. The lowest BCUT2D eigenvalue weighted by Gasteiger charge is -2.26. The van der Waals surface area contributed by atoms with E-state index in [9.17, 15) is 0 Å². The van der Waals surface area contributed by atoms with Crippen LogP contribution in [0.1, 0.15) is 17.4 Å². The van der Waals surface area contributed by atoms with Crippen molar-refractivity contribution in [3.8, 4) is 5.75 Å². The topological polar surface area (TPSA) is 79.6 Å². The highest BCUT2D eigenvalue weighted by Crippen LogP contribution is 2.21. The second-order valence-corrected chi connectivity index (χ2v) is 5.86. The maximum absolute atomic E-state index is 5.33. The number of guanidine groups is 1. The Kier molecular flexibility index (Phi) is 9.35. The monoisotopic (exact) mass is 473 g/mol. The van der Waals surface area contributed by atoms with E-state index in [-0.39, 0.29) is 30.0 Å². The number of aliphatic imine (C=N–C) groups is 1. The summed E-state index contributed by atoms with van der Waals surface area (Å²) in [5.74, 6) is 2.42. The fourth-order valence-electron chi connectivity index (χ4n) is 2.50. The van der Waals surface area contributed by atoms with E-state index in [0.717, 1.165) is 17.5 Å². The number of nitrogens with one attached hydrogen (secondary N) is 2. The number of likely N-dealkylation sites (N-methyl/N-ethyl adjacent to an activating group) is 1. The summed E-state index contributed by atoms with van der Waals surface area (Å²) in [5.41, 5.74) is 1.18. The molecule has 1 unspecified atom stereocenters. The molecule has 8 nitrogen and oxygen atoms in total.